The lowest BCUT2D eigenvalue weighted by Crippen LogP contribution is -2.55. The Morgan fingerprint density at radius 3 is 0.717 bits per heavy atom. The summed E-state index contributed by atoms with van der Waals surface area (Å²) in [7, 11) is -8.27. The number of benzene rings is 10. The van der Waals surface area contributed by atoms with Gasteiger partial charge in [-0.15, -0.1) is 22.2 Å². The average Bonchev–Trinajstić information content (AvgIpc) is 0.712. The highest BCUT2D eigenvalue weighted by Crippen LogP contribution is 2.66. The Labute approximate surface area is 645 Å². The standard InChI is InChI=1S/C102H124Si4/c1-65(2)103(66(3)4,67(5)6)49-45-93-89-29-25-27-31-91(89)95(47-51-105(71(13)14,72(15)16)73(17)18)99-58-85-54-81(33-35-83(85)56-97(93)99)79-37-41-87(42-38-79)101-60-77-53-78(61-101)63-102(62-77,64-101)88-43-39-80(40-44-88)82-34-36-84-57-98-94(46-50-104(68(7)8,69(9)10)70(11)12)90-30-26-28-32-92(90)96(100(98)59-86(84)55-82)48-52-106(74(19)20,75(21)22)76(23)24/h25-44,54-59,65-78H,53,60-64H2,1-24H3. The number of hydrogen-bond acceptors (Lipinski definition) is 0. The maximum absolute atomic E-state index is 4.20. The molecule has 4 fully saturated rings. The van der Waals surface area contributed by atoms with Crippen LogP contribution in [0.1, 0.15) is 238 Å². The van der Waals surface area contributed by atoms with Crippen molar-refractivity contribution >= 4 is 96.9 Å². The molecule has 0 spiro atoms. The van der Waals surface area contributed by atoms with Crippen molar-refractivity contribution < 1.29 is 0 Å². The Kier molecular flexibility index (Phi) is 21.3. The smallest absolute Gasteiger partial charge is 0.125 e. The summed E-state index contributed by atoms with van der Waals surface area (Å²) in [5.74, 6) is 17.7. The first-order valence-electron chi connectivity index (χ1n) is 41.5. The molecule has 10 aromatic carbocycles. The third kappa shape index (κ3) is 12.9. The van der Waals surface area contributed by atoms with Crippen LogP contribution in [0.15, 0.2) is 158 Å². The summed E-state index contributed by atoms with van der Waals surface area (Å²) in [6.07, 6.45) is 7.82. The Morgan fingerprint density at radius 2 is 0.481 bits per heavy atom. The maximum Gasteiger partial charge on any atom is 0.146 e. The van der Waals surface area contributed by atoms with Gasteiger partial charge in [-0.3, -0.25) is 0 Å². The van der Waals surface area contributed by atoms with Gasteiger partial charge in [0.05, 0.1) is 0 Å². The van der Waals surface area contributed by atoms with Crippen molar-refractivity contribution in [1.29, 1.82) is 0 Å². The minimum Gasteiger partial charge on any atom is -0.125 e. The third-order valence-corrected chi connectivity index (χ3v) is 53.9. The second-order valence-corrected chi connectivity index (χ2v) is 60.1. The van der Waals surface area contributed by atoms with Crippen LogP contribution in [0.25, 0.3) is 86.9 Å². The zero-order valence-corrected chi connectivity index (χ0v) is 73.3. The molecule has 0 radical (unpaired) electrons. The van der Waals surface area contributed by atoms with E-state index in [0.717, 1.165) is 11.8 Å². The summed E-state index contributed by atoms with van der Waals surface area (Å²) >= 11 is 0. The maximum atomic E-state index is 4.20. The molecule has 10 aromatic rings. The molecule has 0 N–H and O–H groups in total. The van der Waals surface area contributed by atoms with E-state index in [0.29, 0.717) is 66.5 Å². The van der Waals surface area contributed by atoms with Gasteiger partial charge in [-0.25, -0.2) is 0 Å². The molecule has 4 aliphatic carbocycles. The minimum absolute atomic E-state index is 0.179. The normalized spacial score (nSPS) is 18.6. The molecule has 0 saturated heterocycles. The molecular weight excluding hydrogens is 1340 g/mol. The molecule has 0 amide bonds. The number of hydrogen-bond donors (Lipinski definition) is 0. The molecule has 0 aromatic heterocycles. The highest BCUT2D eigenvalue weighted by atomic mass is 28.3. The SMILES string of the molecule is CC(C)[Si](C#Cc1c2ccccc2c(C#C[Si](C(C)C)(C(C)C)C(C)C)c2cc3cc(-c4ccc(C56CC7CC(C5)CC(c5ccc(-c8ccc9cc%10c(C#C[Si](C(C)C)(C(C)C)C(C)C)c%11ccccc%11c(C#C[Si](C(C)C)(C(C)C)C(C)C)c%10cc9c8)cc5)(C7)C6)cc4)ccc3cc12)(C(C)C)C(C)C. The van der Waals surface area contributed by atoms with E-state index < -0.39 is 32.3 Å². The van der Waals surface area contributed by atoms with Crippen molar-refractivity contribution in [3.05, 3.63) is 191 Å². The van der Waals surface area contributed by atoms with Crippen LogP contribution in [0.4, 0.5) is 0 Å². The lowest BCUT2D eigenvalue weighted by molar-refractivity contribution is -0.0281. The summed E-state index contributed by atoms with van der Waals surface area (Å²) < 4.78 is 0. The fraction of sp³-hybridized carbons (Fsp3) is 0.451. The minimum atomic E-state index is -2.08. The van der Waals surface area contributed by atoms with Gasteiger partial charge in [0.25, 0.3) is 0 Å². The number of rotatable bonds is 16. The summed E-state index contributed by atoms with van der Waals surface area (Å²) in [5, 5.41) is 14.9. The average molecular weight is 1460 g/mol. The van der Waals surface area contributed by atoms with Gasteiger partial charge in [0, 0.05) is 22.3 Å². The molecule has 0 heterocycles. The van der Waals surface area contributed by atoms with Crippen LogP contribution >= 0.6 is 0 Å². The van der Waals surface area contributed by atoms with E-state index in [-0.39, 0.29) is 10.8 Å². The van der Waals surface area contributed by atoms with Gasteiger partial charge in [0.15, 0.2) is 0 Å². The highest BCUT2D eigenvalue weighted by Gasteiger charge is 2.59. The zero-order chi connectivity index (χ0) is 76.1. The molecule has 0 atom stereocenters. The van der Waals surface area contributed by atoms with E-state index in [1.807, 2.05) is 0 Å². The highest BCUT2D eigenvalue weighted by molar-refractivity contribution is 6.92. The molecule has 4 saturated carbocycles. The third-order valence-electron chi connectivity index (χ3n) is 28.8. The Morgan fingerprint density at radius 1 is 0.255 bits per heavy atom. The molecule has 4 heteroatoms. The lowest BCUT2D eigenvalue weighted by Gasteiger charge is -2.63. The van der Waals surface area contributed by atoms with Gasteiger partial charge in [-0.2, -0.15) is 0 Å². The first-order valence-corrected chi connectivity index (χ1v) is 50.4. The van der Waals surface area contributed by atoms with Crippen LogP contribution in [-0.4, -0.2) is 32.3 Å². The van der Waals surface area contributed by atoms with E-state index in [9.17, 15) is 0 Å². The summed E-state index contributed by atoms with van der Waals surface area (Å²) in [5.41, 5.74) is 36.5. The molecule has 0 unspecified atom stereocenters. The lowest BCUT2D eigenvalue weighted by atomic mass is 9.41. The van der Waals surface area contributed by atoms with Crippen LogP contribution in [0, 0.1) is 57.7 Å². The Balaban J connectivity index is 0.854. The predicted octanol–water partition coefficient (Wildman–Crippen LogP) is 30.0. The molecular formula is C102H124Si4. The first-order chi connectivity index (χ1) is 50.3. The van der Waals surface area contributed by atoms with E-state index in [1.54, 1.807) is 11.1 Å². The fourth-order valence-corrected chi connectivity index (χ4v) is 45.0. The summed E-state index contributed by atoms with van der Waals surface area (Å²) in [4.78, 5) is 0. The second kappa shape index (κ2) is 29.4. The molecule has 4 bridgehead atoms. The predicted molar refractivity (Wildman–Crippen MR) is 479 cm³/mol. The van der Waals surface area contributed by atoms with Gasteiger partial charge in [-0.05, 0) is 262 Å². The van der Waals surface area contributed by atoms with E-state index in [4.69, 9.17) is 0 Å². The van der Waals surface area contributed by atoms with E-state index >= 15 is 0 Å². The van der Waals surface area contributed by atoms with Gasteiger partial charge in [-0.1, -0.05) is 311 Å². The van der Waals surface area contributed by atoms with Crippen LogP contribution in [-0.2, 0) is 10.8 Å². The van der Waals surface area contributed by atoms with E-state index in [2.05, 4.69) is 370 Å². The van der Waals surface area contributed by atoms with Gasteiger partial charge >= 0.3 is 0 Å². The van der Waals surface area contributed by atoms with Crippen molar-refractivity contribution in [2.75, 3.05) is 0 Å². The number of fused-ring (bicyclic) bond motifs is 6. The van der Waals surface area contributed by atoms with Crippen molar-refractivity contribution in [3.63, 3.8) is 0 Å². The molecule has 4 aliphatic rings. The van der Waals surface area contributed by atoms with Crippen LogP contribution < -0.4 is 0 Å². The Hall–Kier alpha value is -7.13. The fourth-order valence-electron chi connectivity index (χ4n) is 24.1. The van der Waals surface area contributed by atoms with E-state index in [1.165, 1.54) is 148 Å². The van der Waals surface area contributed by atoms with Crippen molar-refractivity contribution in [3.8, 4) is 68.1 Å². The first kappa shape index (κ1) is 77.0. The van der Waals surface area contributed by atoms with Crippen LogP contribution in [0.2, 0.25) is 66.5 Å². The monoisotopic (exact) mass is 1460 g/mol. The molecule has 0 aliphatic heterocycles. The van der Waals surface area contributed by atoms with Gasteiger partial charge in [0.1, 0.15) is 32.3 Å². The second-order valence-electron chi connectivity index (χ2n) is 37.8. The molecule has 106 heavy (non-hydrogen) atoms. The van der Waals surface area contributed by atoms with Crippen LogP contribution in [0.5, 0.6) is 0 Å². The quantitative estimate of drug-likeness (QED) is 0.0514. The van der Waals surface area contributed by atoms with Crippen LogP contribution in [0.3, 0.4) is 0 Å². The molecule has 548 valence electrons. The van der Waals surface area contributed by atoms with Crippen molar-refractivity contribution in [2.45, 2.75) is 282 Å². The molecule has 0 nitrogen and oxygen atoms in total. The topological polar surface area (TPSA) is 0 Å². The summed E-state index contributed by atoms with van der Waals surface area (Å²) in [6.45, 7) is 58.4. The van der Waals surface area contributed by atoms with Crippen molar-refractivity contribution in [2.24, 2.45) is 11.8 Å². The van der Waals surface area contributed by atoms with Crippen molar-refractivity contribution in [1.82, 2.24) is 0 Å². The molecule has 14 rings (SSSR count). The summed E-state index contributed by atoms with van der Waals surface area (Å²) in [6, 6.07) is 62.6. The van der Waals surface area contributed by atoms with Gasteiger partial charge in [0.2, 0.25) is 0 Å². The van der Waals surface area contributed by atoms with Gasteiger partial charge < -0.3 is 0 Å². The Bertz CT molecular complexity index is 4860. The zero-order valence-electron chi connectivity index (χ0n) is 69.3. The largest absolute Gasteiger partial charge is 0.146 e.